The quantitative estimate of drug-likeness (QED) is 0.853. The predicted molar refractivity (Wildman–Crippen MR) is 77.6 cm³/mol. The van der Waals surface area contributed by atoms with Crippen LogP contribution in [0.25, 0.3) is 0 Å². The van der Waals surface area contributed by atoms with E-state index in [9.17, 15) is 8.42 Å². The van der Waals surface area contributed by atoms with Gasteiger partial charge in [-0.3, -0.25) is 0 Å². The first-order chi connectivity index (χ1) is 8.18. The van der Waals surface area contributed by atoms with Gasteiger partial charge >= 0.3 is 0 Å². The highest BCUT2D eigenvalue weighted by molar-refractivity contribution is 9.11. The number of sulfonamides is 1. The Morgan fingerprint density at radius 1 is 1.50 bits per heavy atom. The molecule has 0 atom stereocenters. The molecule has 0 aliphatic rings. The molecule has 0 radical (unpaired) electrons. The molecule has 4 nitrogen and oxygen atoms in total. The van der Waals surface area contributed by atoms with Crippen molar-refractivity contribution in [3.63, 3.8) is 0 Å². The molecule has 0 amide bonds. The Morgan fingerprint density at radius 2 is 2.11 bits per heavy atom. The van der Waals surface area contributed by atoms with Gasteiger partial charge in [0.25, 0.3) is 0 Å². The van der Waals surface area contributed by atoms with Crippen LogP contribution >= 0.6 is 27.3 Å². The minimum absolute atomic E-state index is 0.248. The third kappa shape index (κ3) is 4.31. The molecule has 0 aliphatic carbocycles. The Kier molecular flexibility index (Phi) is 5.37. The second-order valence-electron chi connectivity index (χ2n) is 4.54. The molecule has 7 heteroatoms. The largest absolute Gasteiger partial charge is 0.375 e. The van der Waals surface area contributed by atoms with Crippen LogP contribution in [0.15, 0.2) is 14.1 Å². The summed E-state index contributed by atoms with van der Waals surface area (Å²) in [6.45, 7) is 8.26. The number of nitrogens with one attached hydrogen (secondary N) is 1. The van der Waals surface area contributed by atoms with E-state index in [1.54, 1.807) is 6.07 Å². The summed E-state index contributed by atoms with van der Waals surface area (Å²) in [5.74, 6) is 0. The van der Waals surface area contributed by atoms with Gasteiger partial charge < -0.3 is 4.74 Å². The second-order valence-corrected chi connectivity index (χ2v) is 8.90. The van der Waals surface area contributed by atoms with Gasteiger partial charge in [0.05, 0.1) is 9.39 Å². The molecule has 1 aromatic rings. The summed E-state index contributed by atoms with van der Waals surface area (Å²) in [4.78, 5) is 0. The fourth-order valence-electron chi connectivity index (χ4n) is 1.35. The van der Waals surface area contributed by atoms with Gasteiger partial charge in [0, 0.05) is 13.2 Å². The van der Waals surface area contributed by atoms with E-state index in [1.807, 2.05) is 27.7 Å². The van der Waals surface area contributed by atoms with Crippen molar-refractivity contribution >= 4 is 37.3 Å². The van der Waals surface area contributed by atoms with E-state index in [1.165, 1.54) is 11.3 Å². The Hall–Kier alpha value is 0.0500. The molecule has 0 saturated carbocycles. The summed E-state index contributed by atoms with van der Waals surface area (Å²) in [6.07, 6.45) is 0. The number of hydrogen-bond acceptors (Lipinski definition) is 4. The lowest BCUT2D eigenvalue weighted by Crippen LogP contribution is -2.40. The van der Waals surface area contributed by atoms with Crippen LogP contribution in [0.3, 0.4) is 0 Å². The van der Waals surface area contributed by atoms with Gasteiger partial charge in [0.2, 0.25) is 10.0 Å². The molecular formula is C11H18BrNO3S2. The molecule has 1 aromatic heterocycles. The van der Waals surface area contributed by atoms with Crippen LogP contribution < -0.4 is 4.72 Å². The number of ether oxygens (including phenoxy) is 1. The van der Waals surface area contributed by atoms with Gasteiger partial charge in [0.1, 0.15) is 4.21 Å². The molecule has 0 aliphatic heterocycles. The molecule has 104 valence electrons. The minimum Gasteiger partial charge on any atom is -0.375 e. The number of aryl methyl sites for hydroxylation is 1. The topological polar surface area (TPSA) is 55.4 Å². The Labute approximate surface area is 121 Å². The van der Waals surface area contributed by atoms with Crippen molar-refractivity contribution in [3.05, 3.63) is 15.4 Å². The standard InChI is InChI=1S/C11H18BrNO3S2/c1-5-16-11(3,4)7-13-18(14,15)9-6-8(2)10(12)17-9/h6,13H,5,7H2,1-4H3. The number of thiophene rings is 1. The third-order valence-corrected chi connectivity index (χ3v) is 6.33. The number of rotatable bonds is 6. The van der Waals surface area contributed by atoms with E-state index >= 15 is 0 Å². The third-order valence-electron chi connectivity index (χ3n) is 2.32. The highest BCUT2D eigenvalue weighted by Crippen LogP contribution is 2.30. The van der Waals surface area contributed by atoms with E-state index in [4.69, 9.17) is 4.74 Å². The molecule has 0 unspecified atom stereocenters. The number of hydrogen-bond donors (Lipinski definition) is 1. The van der Waals surface area contributed by atoms with Crippen LogP contribution in [0.2, 0.25) is 0 Å². The highest BCUT2D eigenvalue weighted by Gasteiger charge is 2.24. The van der Waals surface area contributed by atoms with Crippen molar-refractivity contribution in [2.75, 3.05) is 13.2 Å². The van der Waals surface area contributed by atoms with Crippen LogP contribution in [0, 0.1) is 6.92 Å². The highest BCUT2D eigenvalue weighted by atomic mass is 79.9. The van der Waals surface area contributed by atoms with Crippen molar-refractivity contribution in [3.8, 4) is 0 Å². The zero-order chi connectivity index (χ0) is 14.0. The fourth-order valence-corrected chi connectivity index (χ4v) is 4.81. The van der Waals surface area contributed by atoms with Crippen molar-refractivity contribution in [2.45, 2.75) is 37.5 Å². The normalized spacial score (nSPS) is 12.9. The monoisotopic (exact) mass is 355 g/mol. The van der Waals surface area contributed by atoms with Gasteiger partial charge in [-0.25, -0.2) is 13.1 Å². The molecule has 1 N–H and O–H groups in total. The van der Waals surface area contributed by atoms with E-state index in [-0.39, 0.29) is 6.54 Å². The number of halogens is 1. The fraction of sp³-hybridized carbons (Fsp3) is 0.636. The summed E-state index contributed by atoms with van der Waals surface area (Å²) in [5, 5.41) is 0. The van der Waals surface area contributed by atoms with Gasteiger partial charge in [-0.15, -0.1) is 11.3 Å². The van der Waals surface area contributed by atoms with E-state index < -0.39 is 15.6 Å². The maximum absolute atomic E-state index is 12.1. The minimum atomic E-state index is -3.45. The average molecular weight is 356 g/mol. The van der Waals surface area contributed by atoms with E-state index in [2.05, 4.69) is 20.7 Å². The Bertz CT molecular complexity index is 489. The molecule has 1 heterocycles. The van der Waals surface area contributed by atoms with Gasteiger partial charge in [-0.05, 0) is 55.3 Å². The summed E-state index contributed by atoms with van der Waals surface area (Å²) in [6, 6.07) is 1.66. The first-order valence-electron chi connectivity index (χ1n) is 5.57. The van der Waals surface area contributed by atoms with Crippen molar-refractivity contribution in [1.82, 2.24) is 4.72 Å². The molecular weight excluding hydrogens is 338 g/mol. The lowest BCUT2D eigenvalue weighted by atomic mass is 10.1. The molecule has 18 heavy (non-hydrogen) atoms. The van der Waals surface area contributed by atoms with Crippen LogP contribution in [-0.4, -0.2) is 27.2 Å². The SMILES string of the molecule is CCOC(C)(C)CNS(=O)(=O)c1cc(C)c(Br)s1. The maximum atomic E-state index is 12.1. The van der Waals surface area contributed by atoms with Crippen molar-refractivity contribution in [1.29, 1.82) is 0 Å². The summed E-state index contributed by atoms with van der Waals surface area (Å²) in [5.41, 5.74) is 0.412. The Balaban J connectivity index is 2.77. The lowest BCUT2D eigenvalue weighted by Gasteiger charge is -2.24. The van der Waals surface area contributed by atoms with E-state index in [0.717, 1.165) is 9.35 Å². The zero-order valence-electron chi connectivity index (χ0n) is 10.9. The second kappa shape index (κ2) is 6.00. The molecule has 0 aromatic carbocycles. The molecule has 0 saturated heterocycles. The van der Waals surface area contributed by atoms with Crippen molar-refractivity contribution < 1.29 is 13.2 Å². The molecule has 0 fully saturated rings. The first-order valence-corrected chi connectivity index (χ1v) is 8.67. The van der Waals surface area contributed by atoms with E-state index in [0.29, 0.717) is 10.8 Å². The summed E-state index contributed by atoms with van der Waals surface area (Å²) >= 11 is 4.54. The molecule has 0 spiro atoms. The first kappa shape index (κ1) is 16.1. The summed E-state index contributed by atoms with van der Waals surface area (Å²) < 4.78 is 33.3. The molecule has 0 bridgehead atoms. The Morgan fingerprint density at radius 3 is 2.56 bits per heavy atom. The van der Waals surface area contributed by atoms with Gasteiger partial charge in [-0.2, -0.15) is 0 Å². The van der Waals surface area contributed by atoms with Gasteiger partial charge in [-0.1, -0.05) is 0 Å². The smallest absolute Gasteiger partial charge is 0.250 e. The average Bonchev–Trinajstić information content (AvgIpc) is 2.58. The maximum Gasteiger partial charge on any atom is 0.250 e. The molecule has 1 rings (SSSR count). The predicted octanol–water partition coefficient (Wildman–Crippen LogP) is 2.91. The zero-order valence-corrected chi connectivity index (χ0v) is 14.1. The van der Waals surface area contributed by atoms with Crippen molar-refractivity contribution in [2.24, 2.45) is 0 Å². The summed E-state index contributed by atoms with van der Waals surface area (Å²) in [7, 11) is -3.45. The van der Waals surface area contributed by atoms with Crippen LogP contribution in [0.1, 0.15) is 26.3 Å². The van der Waals surface area contributed by atoms with Crippen LogP contribution in [-0.2, 0) is 14.8 Å². The van der Waals surface area contributed by atoms with Crippen LogP contribution in [0.4, 0.5) is 0 Å². The van der Waals surface area contributed by atoms with Gasteiger partial charge in [0.15, 0.2) is 0 Å². The lowest BCUT2D eigenvalue weighted by molar-refractivity contribution is -0.00514. The van der Waals surface area contributed by atoms with Crippen LogP contribution in [0.5, 0.6) is 0 Å².